The first kappa shape index (κ1) is 14.2. The third kappa shape index (κ3) is 2.55. The van der Waals surface area contributed by atoms with Crippen LogP contribution in [0.15, 0.2) is 54.7 Å². The number of hydrogen-bond donors (Lipinski definition) is 1. The van der Waals surface area contributed by atoms with Gasteiger partial charge < -0.3 is 14.4 Å². The van der Waals surface area contributed by atoms with Gasteiger partial charge in [-0.15, -0.1) is 0 Å². The van der Waals surface area contributed by atoms with E-state index in [0.29, 0.717) is 12.2 Å². The van der Waals surface area contributed by atoms with Crippen LogP contribution in [0.5, 0.6) is 5.75 Å². The van der Waals surface area contributed by atoms with E-state index in [1.54, 1.807) is 12.1 Å². The maximum atomic E-state index is 11.3. The topological polar surface area (TPSA) is 51.5 Å². The summed E-state index contributed by atoms with van der Waals surface area (Å²) in [6, 6.07) is 14.9. The second-order valence-corrected chi connectivity index (χ2v) is 5.08. The third-order valence-electron chi connectivity index (χ3n) is 3.53. The fourth-order valence-electron chi connectivity index (χ4n) is 2.52. The Kier molecular flexibility index (Phi) is 3.83. The van der Waals surface area contributed by atoms with Crippen molar-refractivity contribution in [2.24, 2.45) is 0 Å². The van der Waals surface area contributed by atoms with E-state index in [2.05, 4.69) is 6.92 Å². The van der Waals surface area contributed by atoms with Crippen molar-refractivity contribution in [3.8, 4) is 11.4 Å². The zero-order valence-corrected chi connectivity index (χ0v) is 12.3. The fourth-order valence-corrected chi connectivity index (χ4v) is 2.52. The highest BCUT2D eigenvalue weighted by molar-refractivity contribution is 6.03. The minimum Gasteiger partial charge on any atom is -0.494 e. The number of ether oxygens (including phenoxy) is 1. The number of nitrogens with zero attached hydrogens (tertiary/aromatic N) is 1. The van der Waals surface area contributed by atoms with Gasteiger partial charge in [-0.2, -0.15) is 0 Å². The molecule has 0 radical (unpaired) electrons. The van der Waals surface area contributed by atoms with Gasteiger partial charge in [-0.1, -0.05) is 19.1 Å². The molecular weight excluding hydrogens is 278 g/mol. The zero-order chi connectivity index (χ0) is 15.5. The average molecular weight is 295 g/mol. The summed E-state index contributed by atoms with van der Waals surface area (Å²) < 4.78 is 7.63. The van der Waals surface area contributed by atoms with Crippen molar-refractivity contribution >= 4 is 16.9 Å². The SMILES string of the molecule is CCCOc1cccc(-n2ccc3c(C(=O)O)cccc32)c1. The lowest BCUT2D eigenvalue weighted by atomic mass is 10.1. The Hall–Kier alpha value is -2.75. The van der Waals surface area contributed by atoms with Crippen LogP contribution in [0.4, 0.5) is 0 Å². The van der Waals surface area contributed by atoms with Gasteiger partial charge in [-0.05, 0) is 36.8 Å². The van der Waals surface area contributed by atoms with Gasteiger partial charge in [0, 0.05) is 23.3 Å². The molecule has 3 rings (SSSR count). The van der Waals surface area contributed by atoms with Crippen LogP contribution in [-0.4, -0.2) is 22.2 Å². The molecule has 0 atom stereocenters. The molecule has 1 heterocycles. The summed E-state index contributed by atoms with van der Waals surface area (Å²) in [6.45, 7) is 2.75. The van der Waals surface area contributed by atoms with Gasteiger partial charge in [-0.3, -0.25) is 0 Å². The number of aromatic nitrogens is 1. The minimum absolute atomic E-state index is 0.314. The highest BCUT2D eigenvalue weighted by Crippen LogP contribution is 2.25. The number of benzene rings is 2. The molecule has 0 aliphatic carbocycles. The van der Waals surface area contributed by atoms with E-state index < -0.39 is 5.97 Å². The normalized spacial score (nSPS) is 10.8. The molecule has 1 N–H and O–H groups in total. The molecule has 4 nitrogen and oxygen atoms in total. The molecule has 4 heteroatoms. The standard InChI is InChI=1S/C18H17NO3/c1-2-11-22-14-6-3-5-13(12-14)19-10-9-15-16(18(20)21)7-4-8-17(15)19/h3-10,12H,2,11H2,1H3,(H,20,21). The van der Waals surface area contributed by atoms with Gasteiger partial charge in [0.1, 0.15) is 5.75 Å². The molecule has 0 saturated heterocycles. The Labute approximate surface area is 128 Å². The van der Waals surface area contributed by atoms with Crippen LogP contribution >= 0.6 is 0 Å². The van der Waals surface area contributed by atoms with Gasteiger partial charge >= 0.3 is 5.97 Å². The van der Waals surface area contributed by atoms with Gasteiger partial charge in [0.15, 0.2) is 0 Å². The van der Waals surface area contributed by atoms with Crippen LogP contribution in [0.2, 0.25) is 0 Å². The molecule has 0 fully saturated rings. The minimum atomic E-state index is -0.914. The van der Waals surface area contributed by atoms with Gasteiger partial charge in [-0.25, -0.2) is 4.79 Å². The molecule has 0 unspecified atom stereocenters. The number of carbonyl (C=O) groups is 1. The van der Waals surface area contributed by atoms with Gasteiger partial charge in [0.05, 0.1) is 17.7 Å². The molecule has 0 spiro atoms. The summed E-state index contributed by atoms with van der Waals surface area (Å²) in [5.41, 5.74) is 2.13. The number of carboxylic acid groups (broad SMARTS) is 1. The largest absolute Gasteiger partial charge is 0.494 e. The van der Waals surface area contributed by atoms with Crippen LogP contribution in [0.3, 0.4) is 0 Å². The Morgan fingerprint density at radius 2 is 2.00 bits per heavy atom. The maximum absolute atomic E-state index is 11.3. The molecule has 0 aliphatic heterocycles. The molecule has 0 bridgehead atoms. The van der Waals surface area contributed by atoms with E-state index in [9.17, 15) is 9.90 Å². The first-order valence-electron chi connectivity index (χ1n) is 7.27. The lowest BCUT2D eigenvalue weighted by Crippen LogP contribution is -1.98. The predicted molar refractivity (Wildman–Crippen MR) is 86.0 cm³/mol. The lowest BCUT2D eigenvalue weighted by molar-refractivity contribution is 0.0699. The first-order chi connectivity index (χ1) is 10.7. The van der Waals surface area contributed by atoms with E-state index >= 15 is 0 Å². The van der Waals surface area contributed by atoms with Gasteiger partial charge in [0.2, 0.25) is 0 Å². The Morgan fingerprint density at radius 1 is 1.18 bits per heavy atom. The van der Waals surface area contributed by atoms with Crippen molar-refractivity contribution in [2.45, 2.75) is 13.3 Å². The summed E-state index contributed by atoms with van der Waals surface area (Å²) in [6.07, 6.45) is 2.84. The Bertz CT molecular complexity index is 820. The number of fused-ring (bicyclic) bond motifs is 1. The summed E-state index contributed by atoms with van der Waals surface area (Å²) in [7, 11) is 0. The third-order valence-corrected chi connectivity index (χ3v) is 3.53. The Balaban J connectivity index is 2.07. The van der Waals surface area contributed by atoms with E-state index in [1.807, 2.05) is 47.2 Å². The van der Waals surface area contributed by atoms with E-state index in [4.69, 9.17) is 4.74 Å². The van der Waals surface area contributed by atoms with Crippen molar-refractivity contribution in [1.82, 2.24) is 4.57 Å². The fraction of sp³-hybridized carbons (Fsp3) is 0.167. The average Bonchev–Trinajstić information content (AvgIpc) is 2.97. The number of rotatable bonds is 5. The summed E-state index contributed by atoms with van der Waals surface area (Å²) in [5.74, 6) is -0.0982. The van der Waals surface area contributed by atoms with Gasteiger partial charge in [0.25, 0.3) is 0 Å². The second-order valence-electron chi connectivity index (χ2n) is 5.08. The molecule has 22 heavy (non-hydrogen) atoms. The molecule has 112 valence electrons. The van der Waals surface area contributed by atoms with E-state index in [1.165, 1.54) is 0 Å². The summed E-state index contributed by atoms with van der Waals surface area (Å²) >= 11 is 0. The van der Waals surface area contributed by atoms with Crippen LogP contribution in [0.1, 0.15) is 23.7 Å². The lowest BCUT2D eigenvalue weighted by Gasteiger charge is -2.09. The smallest absolute Gasteiger partial charge is 0.336 e. The molecule has 0 saturated carbocycles. The zero-order valence-electron chi connectivity index (χ0n) is 12.3. The molecule has 0 amide bonds. The van der Waals surface area contributed by atoms with Crippen molar-refractivity contribution in [2.75, 3.05) is 6.61 Å². The predicted octanol–water partition coefficient (Wildman–Crippen LogP) is 4.12. The van der Waals surface area contributed by atoms with Crippen LogP contribution < -0.4 is 4.74 Å². The Morgan fingerprint density at radius 3 is 2.77 bits per heavy atom. The maximum Gasteiger partial charge on any atom is 0.336 e. The molecule has 2 aromatic carbocycles. The van der Waals surface area contributed by atoms with E-state index in [-0.39, 0.29) is 0 Å². The van der Waals surface area contributed by atoms with Crippen LogP contribution in [0, 0.1) is 0 Å². The number of carboxylic acids is 1. The second kappa shape index (κ2) is 5.93. The van der Waals surface area contributed by atoms with E-state index in [0.717, 1.165) is 28.8 Å². The molecular formula is C18H17NO3. The molecule has 0 aliphatic rings. The highest BCUT2D eigenvalue weighted by Gasteiger charge is 2.11. The number of aromatic carboxylic acids is 1. The highest BCUT2D eigenvalue weighted by atomic mass is 16.5. The van der Waals surface area contributed by atoms with Crippen molar-refractivity contribution in [3.05, 3.63) is 60.3 Å². The quantitative estimate of drug-likeness (QED) is 0.770. The molecule has 1 aromatic heterocycles. The van der Waals surface area contributed by atoms with Crippen molar-refractivity contribution in [3.63, 3.8) is 0 Å². The van der Waals surface area contributed by atoms with Crippen molar-refractivity contribution < 1.29 is 14.6 Å². The summed E-state index contributed by atoms with van der Waals surface area (Å²) in [4.78, 5) is 11.3. The van der Waals surface area contributed by atoms with Crippen LogP contribution in [0.25, 0.3) is 16.6 Å². The number of hydrogen-bond acceptors (Lipinski definition) is 2. The summed E-state index contributed by atoms with van der Waals surface area (Å²) in [5, 5.41) is 10.0. The first-order valence-corrected chi connectivity index (χ1v) is 7.27. The monoisotopic (exact) mass is 295 g/mol. The molecule has 3 aromatic rings. The van der Waals surface area contributed by atoms with Crippen LogP contribution in [-0.2, 0) is 0 Å². The van der Waals surface area contributed by atoms with Crippen molar-refractivity contribution in [1.29, 1.82) is 0 Å².